The first kappa shape index (κ1) is 19.8. The normalized spacial score (nSPS) is 11.9. The summed E-state index contributed by atoms with van der Waals surface area (Å²) in [4.78, 5) is 0. The van der Waals surface area contributed by atoms with Crippen LogP contribution in [0.5, 0.6) is 0 Å². The molecule has 0 fully saturated rings. The molecule has 0 aliphatic heterocycles. The van der Waals surface area contributed by atoms with E-state index < -0.39 is 12.8 Å². The zero-order chi connectivity index (χ0) is 18.3. The van der Waals surface area contributed by atoms with Gasteiger partial charge in [-0.25, -0.2) is 0 Å². The number of aromatic nitrogens is 3. The van der Waals surface area contributed by atoms with E-state index in [9.17, 15) is 13.2 Å². The Kier molecular flexibility index (Phi) is 7.31. The Balaban J connectivity index is 1.95. The topological polar surface area (TPSA) is 39.9 Å². The van der Waals surface area contributed by atoms with E-state index in [1.54, 1.807) is 0 Å². The van der Waals surface area contributed by atoms with Gasteiger partial charge in [0.15, 0.2) is 11.0 Å². The minimum absolute atomic E-state index is 0.0825. The molecule has 0 saturated heterocycles. The number of nitrogens with zero attached hydrogens (tertiary/aromatic N) is 3. The van der Waals surface area contributed by atoms with E-state index in [0.29, 0.717) is 12.2 Å². The van der Waals surface area contributed by atoms with Crippen LogP contribution >= 0.6 is 11.8 Å². The van der Waals surface area contributed by atoms with Crippen molar-refractivity contribution in [3.63, 3.8) is 0 Å². The van der Waals surface area contributed by atoms with Crippen LogP contribution in [-0.2, 0) is 11.3 Å². The molecule has 0 atom stereocenters. The van der Waals surface area contributed by atoms with Crippen LogP contribution < -0.4 is 0 Å². The zero-order valence-corrected chi connectivity index (χ0v) is 15.2. The Labute approximate surface area is 149 Å². The van der Waals surface area contributed by atoms with Crippen molar-refractivity contribution in [3.8, 4) is 11.4 Å². The Morgan fingerprint density at radius 1 is 1.24 bits per heavy atom. The van der Waals surface area contributed by atoms with Gasteiger partial charge >= 0.3 is 6.18 Å². The maximum atomic E-state index is 12.0. The number of alkyl halides is 3. The first-order chi connectivity index (χ1) is 11.9. The summed E-state index contributed by atoms with van der Waals surface area (Å²) in [5, 5.41) is 9.34. The van der Waals surface area contributed by atoms with E-state index in [-0.39, 0.29) is 6.61 Å². The summed E-state index contributed by atoms with van der Waals surface area (Å²) in [6.07, 6.45) is -2.80. The van der Waals surface area contributed by atoms with Crippen LogP contribution in [0.15, 0.2) is 29.4 Å². The van der Waals surface area contributed by atoms with Crippen molar-refractivity contribution in [1.82, 2.24) is 14.8 Å². The molecule has 0 unspecified atom stereocenters. The fourth-order valence-corrected chi connectivity index (χ4v) is 3.21. The van der Waals surface area contributed by atoms with Crippen LogP contribution in [0.2, 0.25) is 0 Å². The second-order valence-electron chi connectivity index (χ2n) is 5.70. The van der Waals surface area contributed by atoms with Crippen LogP contribution in [0.4, 0.5) is 13.2 Å². The van der Waals surface area contributed by atoms with E-state index in [4.69, 9.17) is 0 Å². The quantitative estimate of drug-likeness (QED) is 0.471. The van der Waals surface area contributed by atoms with Crippen molar-refractivity contribution >= 4 is 11.8 Å². The molecule has 0 aliphatic rings. The molecular formula is C17H22F3N3OS. The minimum atomic E-state index is -4.27. The smallest absolute Gasteiger partial charge is 0.372 e. The number of benzene rings is 1. The summed E-state index contributed by atoms with van der Waals surface area (Å²) in [5.74, 6) is 1.45. The lowest BCUT2D eigenvalue weighted by Crippen LogP contribution is -2.17. The number of hydrogen-bond acceptors (Lipinski definition) is 4. The number of aryl methyl sites for hydroxylation is 1. The SMILES string of the molecule is CCCn1c(SCCCOCC(F)(F)F)nnc1-c1cccc(C)c1. The standard InChI is InChI=1S/C17H22F3N3OS/c1-3-8-23-15(14-7-4-6-13(2)11-14)21-22-16(23)25-10-5-9-24-12-17(18,19)20/h4,6-7,11H,3,5,8-10,12H2,1-2H3. The molecule has 0 spiro atoms. The van der Waals surface area contributed by atoms with Crippen LogP contribution in [0, 0.1) is 6.92 Å². The molecule has 138 valence electrons. The van der Waals surface area contributed by atoms with Crippen LogP contribution in [0.3, 0.4) is 0 Å². The summed E-state index contributed by atoms with van der Waals surface area (Å²) >= 11 is 1.49. The highest BCUT2D eigenvalue weighted by molar-refractivity contribution is 7.99. The molecule has 8 heteroatoms. The van der Waals surface area contributed by atoms with Gasteiger partial charge in [-0.1, -0.05) is 42.4 Å². The van der Waals surface area contributed by atoms with Gasteiger partial charge in [0.05, 0.1) is 0 Å². The zero-order valence-electron chi connectivity index (χ0n) is 14.3. The van der Waals surface area contributed by atoms with Crippen molar-refractivity contribution in [2.24, 2.45) is 0 Å². The van der Waals surface area contributed by atoms with Crippen molar-refractivity contribution in [3.05, 3.63) is 29.8 Å². The third kappa shape index (κ3) is 6.36. The molecule has 0 amide bonds. The first-order valence-corrected chi connectivity index (χ1v) is 9.17. The van der Waals surface area contributed by atoms with Gasteiger partial charge in [-0.05, 0) is 25.8 Å². The molecule has 0 aliphatic carbocycles. The van der Waals surface area contributed by atoms with E-state index in [1.165, 1.54) is 11.8 Å². The highest BCUT2D eigenvalue weighted by atomic mass is 32.2. The molecule has 1 aromatic carbocycles. The largest absolute Gasteiger partial charge is 0.411 e. The van der Waals surface area contributed by atoms with E-state index in [1.807, 2.05) is 25.1 Å². The van der Waals surface area contributed by atoms with Crippen LogP contribution in [-0.4, -0.2) is 39.9 Å². The summed E-state index contributed by atoms with van der Waals surface area (Å²) in [7, 11) is 0. The summed E-state index contributed by atoms with van der Waals surface area (Å²) < 4.78 is 42.7. The average molecular weight is 373 g/mol. The average Bonchev–Trinajstić information content (AvgIpc) is 2.93. The Hall–Kier alpha value is -1.54. The summed E-state index contributed by atoms with van der Waals surface area (Å²) in [6, 6.07) is 8.08. The lowest BCUT2D eigenvalue weighted by atomic mass is 10.1. The van der Waals surface area contributed by atoms with Gasteiger partial charge in [0, 0.05) is 24.5 Å². The fraction of sp³-hybridized carbons (Fsp3) is 0.529. The van der Waals surface area contributed by atoms with Gasteiger partial charge in [0.25, 0.3) is 0 Å². The molecule has 0 radical (unpaired) electrons. The monoisotopic (exact) mass is 373 g/mol. The molecule has 2 rings (SSSR count). The highest BCUT2D eigenvalue weighted by Gasteiger charge is 2.27. The predicted molar refractivity (Wildman–Crippen MR) is 92.7 cm³/mol. The highest BCUT2D eigenvalue weighted by Crippen LogP contribution is 2.25. The molecule has 1 aromatic heterocycles. The lowest BCUT2D eigenvalue weighted by molar-refractivity contribution is -0.173. The molecule has 0 bridgehead atoms. The number of halogens is 3. The third-order valence-electron chi connectivity index (χ3n) is 3.37. The van der Waals surface area contributed by atoms with Gasteiger partial charge in [-0.3, -0.25) is 0 Å². The third-order valence-corrected chi connectivity index (χ3v) is 4.42. The van der Waals surface area contributed by atoms with E-state index >= 15 is 0 Å². The lowest BCUT2D eigenvalue weighted by Gasteiger charge is -2.10. The minimum Gasteiger partial charge on any atom is -0.372 e. The maximum absolute atomic E-state index is 12.0. The van der Waals surface area contributed by atoms with Crippen LogP contribution in [0.1, 0.15) is 25.3 Å². The number of rotatable bonds is 9. The van der Waals surface area contributed by atoms with Crippen molar-refractivity contribution in [2.75, 3.05) is 19.0 Å². The number of ether oxygens (including phenoxy) is 1. The van der Waals surface area contributed by atoms with Crippen molar-refractivity contribution in [1.29, 1.82) is 0 Å². The van der Waals surface area contributed by atoms with E-state index in [2.05, 4.69) is 32.5 Å². The van der Waals surface area contributed by atoms with E-state index in [0.717, 1.165) is 35.1 Å². The molecule has 2 aromatic rings. The predicted octanol–water partition coefficient (Wildman–Crippen LogP) is 4.72. The van der Waals surface area contributed by atoms with Gasteiger partial charge in [0.1, 0.15) is 6.61 Å². The molecule has 1 heterocycles. The number of hydrogen-bond donors (Lipinski definition) is 0. The number of thioether (sulfide) groups is 1. The summed E-state index contributed by atoms with van der Waals surface area (Å²) in [6.45, 7) is 3.80. The second-order valence-corrected chi connectivity index (χ2v) is 6.76. The Morgan fingerprint density at radius 3 is 2.72 bits per heavy atom. The first-order valence-electron chi connectivity index (χ1n) is 8.18. The van der Waals surface area contributed by atoms with Gasteiger partial charge in [0.2, 0.25) is 0 Å². The Morgan fingerprint density at radius 2 is 2.04 bits per heavy atom. The van der Waals surface area contributed by atoms with Crippen LogP contribution in [0.25, 0.3) is 11.4 Å². The van der Waals surface area contributed by atoms with Gasteiger partial charge in [-0.15, -0.1) is 10.2 Å². The van der Waals surface area contributed by atoms with Crippen molar-refractivity contribution in [2.45, 2.75) is 44.6 Å². The van der Waals surface area contributed by atoms with Crippen molar-refractivity contribution < 1.29 is 17.9 Å². The molecule has 25 heavy (non-hydrogen) atoms. The maximum Gasteiger partial charge on any atom is 0.411 e. The second kappa shape index (κ2) is 9.24. The molecule has 0 N–H and O–H groups in total. The Bertz CT molecular complexity index is 673. The molecule has 0 saturated carbocycles. The molecular weight excluding hydrogens is 351 g/mol. The fourth-order valence-electron chi connectivity index (χ4n) is 2.33. The molecule has 4 nitrogen and oxygen atoms in total. The van der Waals surface area contributed by atoms with Gasteiger partial charge in [-0.2, -0.15) is 13.2 Å². The summed E-state index contributed by atoms with van der Waals surface area (Å²) in [5.41, 5.74) is 2.17. The van der Waals surface area contributed by atoms with Gasteiger partial charge < -0.3 is 9.30 Å².